The molecule has 1 unspecified atom stereocenters. The van der Waals surface area contributed by atoms with Gasteiger partial charge in [0.25, 0.3) is 0 Å². The molecule has 0 aliphatic rings. The second-order valence-corrected chi connectivity index (χ2v) is 4.41. The van der Waals surface area contributed by atoms with E-state index >= 15 is 0 Å². The van der Waals surface area contributed by atoms with Crippen LogP contribution in [0.3, 0.4) is 0 Å². The zero-order valence-corrected chi connectivity index (χ0v) is 10.7. The molecule has 3 N–H and O–H groups in total. The minimum atomic E-state index is 0.128. The van der Waals surface area contributed by atoms with E-state index in [0.29, 0.717) is 0 Å². The largest absolute Gasteiger partial charge is 0.401 e. The standard InChI is InChI=1S/C15H20N2/c1-11(2)9-14(10-16)15(17)12(3)13-7-5-4-6-8-13/h4-10,12,16H,17H2,1-3H3/b15-14-,16-10?. The fraction of sp³-hybridized carbons (Fsp3) is 0.267. The van der Waals surface area contributed by atoms with Crippen molar-refractivity contribution in [2.45, 2.75) is 26.7 Å². The maximum atomic E-state index is 7.43. The molecule has 0 heterocycles. The van der Waals surface area contributed by atoms with Crippen LogP contribution in [0.1, 0.15) is 32.3 Å². The maximum absolute atomic E-state index is 7.43. The third kappa shape index (κ3) is 3.59. The summed E-state index contributed by atoms with van der Waals surface area (Å²) < 4.78 is 0. The lowest BCUT2D eigenvalue weighted by molar-refractivity contribution is 0.872. The molecule has 0 fully saturated rings. The molecule has 0 aliphatic carbocycles. The Morgan fingerprint density at radius 2 is 1.82 bits per heavy atom. The Labute approximate surface area is 103 Å². The van der Waals surface area contributed by atoms with Gasteiger partial charge in [0.1, 0.15) is 0 Å². The zero-order chi connectivity index (χ0) is 12.8. The fourth-order valence-corrected chi connectivity index (χ4v) is 1.69. The molecular weight excluding hydrogens is 208 g/mol. The molecule has 0 aromatic heterocycles. The average Bonchev–Trinajstić information content (AvgIpc) is 2.35. The predicted octanol–water partition coefficient (Wildman–Crippen LogP) is 3.62. The van der Waals surface area contributed by atoms with E-state index in [4.69, 9.17) is 11.1 Å². The van der Waals surface area contributed by atoms with Crippen LogP contribution in [0.5, 0.6) is 0 Å². The van der Waals surface area contributed by atoms with Crippen LogP contribution in [0.25, 0.3) is 0 Å². The summed E-state index contributed by atoms with van der Waals surface area (Å²) in [6.07, 6.45) is 3.27. The Bertz CT molecular complexity index is 437. The van der Waals surface area contributed by atoms with Gasteiger partial charge in [-0.1, -0.05) is 48.9 Å². The molecule has 1 atom stereocenters. The Balaban J connectivity index is 3.10. The van der Waals surface area contributed by atoms with E-state index in [-0.39, 0.29) is 5.92 Å². The third-order valence-electron chi connectivity index (χ3n) is 2.70. The maximum Gasteiger partial charge on any atom is 0.0267 e. The van der Waals surface area contributed by atoms with Crippen molar-refractivity contribution in [2.24, 2.45) is 5.73 Å². The molecule has 0 spiro atoms. The predicted molar refractivity (Wildman–Crippen MR) is 74.3 cm³/mol. The number of hydrogen-bond acceptors (Lipinski definition) is 2. The van der Waals surface area contributed by atoms with Gasteiger partial charge in [-0.05, 0) is 19.4 Å². The van der Waals surface area contributed by atoms with Gasteiger partial charge in [-0.3, -0.25) is 0 Å². The first kappa shape index (κ1) is 13.2. The van der Waals surface area contributed by atoms with Gasteiger partial charge in [-0.2, -0.15) is 0 Å². The molecule has 2 nitrogen and oxygen atoms in total. The summed E-state index contributed by atoms with van der Waals surface area (Å²) in [4.78, 5) is 0. The van der Waals surface area contributed by atoms with Crippen LogP contribution in [-0.2, 0) is 0 Å². The lowest BCUT2D eigenvalue weighted by atomic mass is 9.94. The summed E-state index contributed by atoms with van der Waals surface area (Å²) in [5.74, 6) is 0.128. The summed E-state index contributed by atoms with van der Waals surface area (Å²) in [6, 6.07) is 10.1. The van der Waals surface area contributed by atoms with Crippen molar-refractivity contribution >= 4 is 6.21 Å². The minimum absolute atomic E-state index is 0.128. The number of allylic oxidation sites excluding steroid dienone is 4. The van der Waals surface area contributed by atoms with Crippen molar-refractivity contribution in [2.75, 3.05) is 0 Å². The number of hydrogen-bond donors (Lipinski definition) is 2. The van der Waals surface area contributed by atoms with E-state index in [1.807, 2.05) is 38.1 Å². The van der Waals surface area contributed by atoms with Crippen molar-refractivity contribution in [3.8, 4) is 0 Å². The fourth-order valence-electron chi connectivity index (χ4n) is 1.69. The molecule has 0 aliphatic heterocycles. The van der Waals surface area contributed by atoms with Crippen LogP contribution in [0.2, 0.25) is 0 Å². The van der Waals surface area contributed by atoms with Crippen LogP contribution < -0.4 is 5.73 Å². The van der Waals surface area contributed by atoms with Crippen LogP contribution >= 0.6 is 0 Å². The Morgan fingerprint density at radius 1 is 1.24 bits per heavy atom. The summed E-state index contributed by atoms with van der Waals surface area (Å²) >= 11 is 0. The van der Waals surface area contributed by atoms with Gasteiger partial charge in [0, 0.05) is 23.4 Å². The Hall–Kier alpha value is -1.83. The first-order chi connectivity index (χ1) is 8.06. The van der Waals surface area contributed by atoms with Crippen molar-refractivity contribution in [1.29, 1.82) is 5.41 Å². The Kier molecular flexibility index (Phi) is 4.70. The number of nitrogens with one attached hydrogen (secondary N) is 1. The monoisotopic (exact) mass is 228 g/mol. The van der Waals surface area contributed by atoms with Crippen molar-refractivity contribution in [3.05, 3.63) is 58.8 Å². The topological polar surface area (TPSA) is 49.9 Å². The van der Waals surface area contributed by atoms with E-state index in [9.17, 15) is 0 Å². The lowest BCUT2D eigenvalue weighted by Gasteiger charge is -2.14. The van der Waals surface area contributed by atoms with Gasteiger partial charge >= 0.3 is 0 Å². The molecule has 0 saturated carbocycles. The van der Waals surface area contributed by atoms with Gasteiger partial charge in [0.05, 0.1) is 0 Å². The molecule has 0 bridgehead atoms. The van der Waals surface area contributed by atoms with Crippen molar-refractivity contribution in [3.63, 3.8) is 0 Å². The van der Waals surface area contributed by atoms with Gasteiger partial charge in [-0.15, -0.1) is 0 Å². The molecule has 17 heavy (non-hydrogen) atoms. The molecule has 1 aromatic carbocycles. The number of rotatable bonds is 4. The van der Waals surface area contributed by atoms with Gasteiger partial charge in [0.15, 0.2) is 0 Å². The summed E-state index contributed by atoms with van der Waals surface area (Å²) in [5, 5.41) is 7.43. The molecular formula is C15H20N2. The van der Waals surface area contributed by atoms with E-state index in [1.54, 1.807) is 0 Å². The number of nitrogens with two attached hydrogens (primary N) is 1. The molecule has 0 radical (unpaired) electrons. The summed E-state index contributed by atoms with van der Waals surface area (Å²) in [7, 11) is 0. The quantitative estimate of drug-likeness (QED) is 0.600. The summed E-state index contributed by atoms with van der Waals surface area (Å²) in [5.41, 5.74) is 9.99. The highest BCUT2D eigenvalue weighted by Crippen LogP contribution is 2.22. The highest BCUT2D eigenvalue weighted by molar-refractivity contribution is 5.81. The highest BCUT2D eigenvalue weighted by atomic mass is 14.6. The summed E-state index contributed by atoms with van der Waals surface area (Å²) in [6.45, 7) is 6.07. The second-order valence-electron chi connectivity index (χ2n) is 4.41. The normalized spacial score (nSPS) is 13.6. The third-order valence-corrected chi connectivity index (χ3v) is 2.70. The average molecular weight is 228 g/mol. The lowest BCUT2D eigenvalue weighted by Crippen LogP contribution is -2.10. The number of benzene rings is 1. The molecule has 2 heteroatoms. The van der Waals surface area contributed by atoms with Crippen LogP contribution in [-0.4, -0.2) is 6.21 Å². The second kappa shape index (κ2) is 6.04. The van der Waals surface area contributed by atoms with E-state index in [2.05, 4.69) is 19.1 Å². The SMILES string of the molecule is CC(C)=C/C(C=N)=C(/N)C(C)c1ccccc1. The van der Waals surface area contributed by atoms with Crippen LogP contribution in [0.15, 0.2) is 53.3 Å². The van der Waals surface area contributed by atoms with E-state index in [1.165, 1.54) is 11.8 Å². The smallest absolute Gasteiger partial charge is 0.0267 e. The van der Waals surface area contributed by atoms with Gasteiger partial charge in [-0.25, -0.2) is 0 Å². The van der Waals surface area contributed by atoms with Crippen molar-refractivity contribution < 1.29 is 0 Å². The minimum Gasteiger partial charge on any atom is -0.401 e. The Morgan fingerprint density at radius 3 is 2.29 bits per heavy atom. The van der Waals surface area contributed by atoms with Gasteiger partial charge < -0.3 is 11.1 Å². The van der Waals surface area contributed by atoms with Crippen LogP contribution in [0, 0.1) is 5.41 Å². The molecule has 1 aromatic rings. The molecule has 90 valence electrons. The van der Waals surface area contributed by atoms with E-state index in [0.717, 1.165) is 16.8 Å². The van der Waals surface area contributed by atoms with E-state index < -0.39 is 0 Å². The highest BCUT2D eigenvalue weighted by Gasteiger charge is 2.10. The molecule has 0 saturated heterocycles. The molecule has 1 rings (SSSR count). The zero-order valence-electron chi connectivity index (χ0n) is 10.7. The first-order valence-corrected chi connectivity index (χ1v) is 5.76. The van der Waals surface area contributed by atoms with Crippen LogP contribution in [0.4, 0.5) is 0 Å². The first-order valence-electron chi connectivity index (χ1n) is 5.76. The van der Waals surface area contributed by atoms with Crippen molar-refractivity contribution in [1.82, 2.24) is 0 Å². The van der Waals surface area contributed by atoms with Gasteiger partial charge in [0.2, 0.25) is 0 Å². The molecule has 0 amide bonds.